The topological polar surface area (TPSA) is 66.5 Å². The summed E-state index contributed by atoms with van der Waals surface area (Å²) in [6.07, 6.45) is 5.41. The highest BCUT2D eigenvalue weighted by atomic mass is 35.5. The van der Waals surface area contributed by atoms with E-state index in [1.165, 1.54) is 6.42 Å². The molecule has 1 saturated carbocycles. The molecule has 0 radical (unpaired) electrons. The zero-order valence-corrected chi connectivity index (χ0v) is 15.0. The van der Waals surface area contributed by atoms with E-state index in [1.54, 1.807) is 24.3 Å². The van der Waals surface area contributed by atoms with Crippen molar-refractivity contribution in [3.8, 4) is 0 Å². The summed E-state index contributed by atoms with van der Waals surface area (Å²) in [5.74, 6) is 0.139. The zero-order valence-electron chi connectivity index (χ0n) is 13.5. The van der Waals surface area contributed by atoms with Gasteiger partial charge in [-0.2, -0.15) is 0 Å². The highest BCUT2D eigenvalue weighted by Crippen LogP contribution is 2.24. The van der Waals surface area contributed by atoms with Crippen LogP contribution < -0.4 is 9.62 Å². The van der Waals surface area contributed by atoms with Crippen LogP contribution in [0.15, 0.2) is 24.3 Å². The Kier molecular flexibility index (Phi) is 5.92. The number of rotatable bonds is 5. The number of carbonyl (C=O) groups excluding carboxylic acids is 1. The summed E-state index contributed by atoms with van der Waals surface area (Å²) in [6.45, 7) is 1.89. The molecule has 1 N–H and O–H groups in total. The van der Waals surface area contributed by atoms with Gasteiger partial charge in [0.15, 0.2) is 0 Å². The number of benzene rings is 1. The van der Waals surface area contributed by atoms with Gasteiger partial charge in [-0.15, -0.1) is 0 Å². The van der Waals surface area contributed by atoms with Crippen LogP contribution in [0.2, 0.25) is 5.02 Å². The summed E-state index contributed by atoms with van der Waals surface area (Å²) < 4.78 is 25.2. The van der Waals surface area contributed by atoms with Crippen molar-refractivity contribution < 1.29 is 13.2 Å². The lowest BCUT2D eigenvalue weighted by Gasteiger charge is -2.30. The number of amides is 1. The summed E-state index contributed by atoms with van der Waals surface area (Å²) in [7, 11) is -3.57. The van der Waals surface area contributed by atoms with Gasteiger partial charge in [0.05, 0.1) is 11.9 Å². The van der Waals surface area contributed by atoms with Crippen LogP contribution in [0.5, 0.6) is 0 Å². The molecular formula is C16H23ClN2O3S. The number of nitrogens with zero attached hydrogens (tertiary/aromatic N) is 1. The molecule has 23 heavy (non-hydrogen) atoms. The first kappa shape index (κ1) is 18.1. The Bertz CT molecular complexity index is 663. The van der Waals surface area contributed by atoms with Gasteiger partial charge in [-0.25, -0.2) is 8.42 Å². The molecule has 0 heterocycles. The third-order valence-corrected chi connectivity index (χ3v) is 5.62. The van der Waals surface area contributed by atoms with Gasteiger partial charge in [-0.05, 0) is 37.0 Å². The van der Waals surface area contributed by atoms with Gasteiger partial charge in [-0.3, -0.25) is 9.10 Å². The predicted molar refractivity (Wildman–Crippen MR) is 93.2 cm³/mol. The van der Waals surface area contributed by atoms with Gasteiger partial charge >= 0.3 is 0 Å². The molecule has 1 aliphatic carbocycles. The van der Waals surface area contributed by atoms with Gasteiger partial charge in [0.25, 0.3) is 0 Å². The summed E-state index contributed by atoms with van der Waals surface area (Å²) >= 11 is 5.93. The van der Waals surface area contributed by atoms with Crippen molar-refractivity contribution in [3.05, 3.63) is 29.3 Å². The number of hydrogen-bond acceptors (Lipinski definition) is 3. The normalized spacial score (nSPS) is 21.7. The first-order chi connectivity index (χ1) is 10.8. The predicted octanol–water partition coefficient (Wildman–Crippen LogP) is 2.80. The van der Waals surface area contributed by atoms with Gasteiger partial charge in [0.2, 0.25) is 15.9 Å². The maximum absolute atomic E-state index is 12.3. The van der Waals surface area contributed by atoms with E-state index in [9.17, 15) is 13.2 Å². The lowest BCUT2D eigenvalue weighted by molar-refractivity contribution is -0.120. The molecule has 0 saturated heterocycles. The van der Waals surface area contributed by atoms with Crippen LogP contribution in [0, 0.1) is 5.92 Å². The number of anilines is 1. The second-order valence-electron chi connectivity index (χ2n) is 6.19. The average Bonchev–Trinajstić information content (AvgIpc) is 2.46. The molecule has 1 aliphatic rings. The van der Waals surface area contributed by atoms with E-state index in [2.05, 4.69) is 12.2 Å². The monoisotopic (exact) mass is 358 g/mol. The maximum Gasteiger partial charge on any atom is 0.241 e. The Labute approximate surface area is 143 Å². The number of carbonyl (C=O) groups is 1. The van der Waals surface area contributed by atoms with Crippen LogP contribution in [-0.4, -0.2) is 33.2 Å². The minimum absolute atomic E-state index is 0.122. The molecule has 0 spiro atoms. The molecule has 1 fully saturated rings. The summed E-state index contributed by atoms with van der Waals surface area (Å²) in [5.41, 5.74) is 0.395. The molecule has 5 nitrogen and oxygen atoms in total. The van der Waals surface area contributed by atoms with E-state index in [0.29, 0.717) is 16.6 Å². The lowest BCUT2D eigenvalue weighted by atomic mass is 9.86. The second-order valence-corrected chi connectivity index (χ2v) is 8.53. The Hall–Kier alpha value is -1.27. The standard InChI is InChI=1S/C16H23ClN2O3S/c1-12-6-3-4-9-15(12)18-16(20)11-19(23(2,21)22)14-8-5-7-13(17)10-14/h5,7-8,10,12,15H,3-4,6,9,11H2,1-2H3,(H,18,20). The molecular weight excluding hydrogens is 336 g/mol. The largest absolute Gasteiger partial charge is 0.352 e. The van der Waals surface area contributed by atoms with Crippen LogP contribution in [0.3, 0.4) is 0 Å². The number of nitrogens with one attached hydrogen (secondary N) is 1. The molecule has 0 bridgehead atoms. The van der Waals surface area contributed by atoms with Gasteiger partial charge in [0, 0.05) is 11.1 Å². The fourth-order valence-corrected chi connectivity index (χ4v) is 3.98. The average molecular weight is 359 g/mol. The molecule has 1 aromatic rings. The SMILES string of the molecule is CC1CCCCC1NC(=O)CN(c1cccc(Cl)c1)S(C)(=O)=O. The molecule has 7 heteroatoms. The van der Waals surface area contributed by atoms with E-state index in [0.717, 1.165) is 29.8 Å². The smallest absolute Gasteiger partial charge is 0.241 e. The van der Waals surface area contributed by atoms with Crippen molar-refractivity contribution >= 4 is 33.2 Å². The number of hydrogen-bond donors (Lipinski definition) is 1. The summed E-state index contributed by atoms with van der Waals surface area (Å²) in [6, 6.07) is 6.62. The molecule has 1 amide bonds. The summed E-state index contributed by atoms with van der Waals surface area (Å²) in [5, 5.41) is 3.41. The Morgan fingerprint density at radius 1 is 1.35 bits per heavy atom. The van der Waals surface area contributed by atoms with Crippen LogP contribution in [0.1, 0.15) is 32.6 Å². The molecule has 128 valence electrons. The summed E-state index contributed by atoms with van der Waals surface area (Å²) in [4.78, 5) is 12.3. The molecule has 0 aliphatic heterocycles. The third-order valence-electron chi connectivity index (χ3n) is 4.24. The molecule has 2 unspecified atom stereocenters. The van der Waals surface area contributed by atoms with Crippen molar-refractivity contribution in [1.29, 1.82) is 0 Å². The van der Waals surface area contributed by atoms with Crippen LogP contribution in [-0.2, 0) is 14.8 Å². The minimum Gasteiger partial charge on any atom is -0.352 e. The van der Waals surface area contributed by atoms with E-state index in [1.807, 2.05) is 0 Å². The van der Waals surface area contributed by atoms with Crippen molar-refractivity contribution in [3.63, 3.8) is 0 Å². The van der Waals surface area contributed by atoms with Crippen molar-refractivity contribution in [2.75, 3.05) is 17.1 Å². The third kappa shape index (κ3) is 5.11. The zero-order chi connectivity index (χ0) is 17.0. The Morgan fingerprint density at radius 3 is 2.65 bits per heavy atom. The highest BCUT2D eigenvalue weighted by molar-refractivity contribution is 7.92. The molecule has 2 atom stereocenters. The van der Waals surface area contributed by atoms with Crippen molar-refractivity contribution in [2.45, 2.75) is 38.6 Å². The fraction of sp³-hybridized carbons (Fsp3) is 0.562. The minimum atomic E-state index is -3.57. The Balaban J connectivity index is 2.10. The van der Waals surface area contributed by atoms with Gasteiger partial charge < -0.3 is 5.32 Å². The maximum atomic E-state index is 12.3. The first-order valence-corrected chi connectivity index (χ1v) is 10.0. The fourth-order valence-electron chi connectivity index (χ4n) is 2.94. The quantitative estimate of drug-likeness (QED) is 0.880. The number of halogens is 1. The van der Waals surface area contributed by atoms with Crippen LogP contribution in [0.4, 0.5) is 5.69 Å². The first-order valence-electron chi connectivity index (χ1n) is 7.80. The number of sulfonamides is 1. The van der Waals surface area contributed by atoms with Crippen LogP contribution >= 0.6 is 11.6 Å². The highest BCUT2D eigenvalue weighted by Gasteiger charge is 2.26. The van der Waals surface area contributed by atoms with Crippen LogP contribution in [0.25, 0.3) is 0 Å². The van der Waals surface area contributed by atoms with Crippen molar-refractivity contribution in [2.24, 2.45) is 5.92 Å². The van der Waals surface area contributed by atoms with Crippen molar-refractivity contribution in [1.82, 2.24) is 5.32 Å². The molecule has 2 rings (SSSR count). The lowest BCUT2D eigenvalue weighted by Crippen LogP contribution is -2.47. The van der Waals surface area contributed by atoms with E-state index < -0.39 is 10.0 Å². The van der Waals surface area contributed by atoms with Gasteiger partial charge in [-0.1, -0.05) is 37.4 Å². The van der Waals surface area contributed by atoms with Gasteiger partial charge in [0.1, 0.15) is 6.54 Å². The van der Waals surface area contributed by atoms with E-state index in [-0.39, 0.29) is 18.5 Å². The Morgan fingerprint density at radius 2 is 2.04 bits per heavy atom. The molecule has 1 aromatic carbocycles. The van der Waals surface area contributed by atoms with E-state index >= 15 is 0 Å². The second kappa shape index (κ2) is 7.53. The molecule has 0 aromatic heterocycles. The van der Waals surface area contributed by atoms with E-state index in [4.69, 9.17) is 11.6 Å².